The fraction of sp³-hybridized carbons (Fsp3) is 0.941. The zero-order valence-electron chi connectivity index (χ0n) is 17.2. The molecule has 2 aliphatic heterocycles. The van der Waals surface area contributed by atoms with Crippen molar-refractivity contribution in [2.75, 3.05) is 39.6 Å². The van der Waals surface area contributed by atoms with Crippen molar-refractivity contribution in [3.8, 4) is 0 Å². The van der Waals surface area contributed by atoms with Crippen molar-refractivity contribution < 1.29 is 63.9 Å². The van der Waals surface area contributed by atoms with Crippen LogP contribution in [-0.2, 0) is 28.4 Å². The minimum Gasteiger partial charge on any atom is -0.441 e. The van der Waals surface area contributed by atoms with Gasteiger partial charge in [0.1, 0.15) is 42.7 Å². The van der Waals surface area contributed by atoms with Crippen LogP contribution < -0.4 is 11.5 Å². The van der Waals surface area contributed by atoms with Crippen LogP contribution in [0.2, 0.25) is 0 Å². The SMILES string of the molecule is NCCOCCOC1O[C@@H](CO)[C@@H](O)[C@H](O)[C@@H]1O[C@H]1O[C@H](CO)[C@@H](O)[C@@H](OC(N)=O)[C@@H]1O. The summed E-state index contributed by atoms with van der Waals surface area (Å²) in [5, 5.41) is 60.2. The first-order valence-corrected chi connectivity index (χ1v) is 10.0. The van der Waals surface area contributed by atoms with E-state index >= 15 is 0 Å². The van der Waals surface area contributed by atoms with E-state index in [4.69, 9.17) is 39.9 Å². The molecule has 0 bridgehead atoms. The highest BCUT2D eigenvalue weighted by molar-refractivity contribution is 5.65. The average Bonchev–Trinajstić information content (AvgIpc) is 2.76. The Hall–Kier alpha value is -1.21. The Balaban J connectivity index is 2.15. The van der Waals surface area contributed by atoms with Gasteiger partial charge in [0.15, 0.2) is 18.7 Å². The second-order valence-electron chi connectivity index (χ2n) is 7.19. The molecule has 10 atom stereocenters. The van der Waals surface area contributed by atoms with Crippen molar-refractivity contribution in [1.82, 2.24) is 0 Å². The van der Waals surface area contributed by atoms with E-state index in [2.05, 4.69) is 0 Å². The van der Waals surface area contributed by atoms with Gasteiger partial charge in [-0.2, -0.15) is 0 Å². The van der Waals surface area contributed by atoms with E-state index in [0.717, 1.165) is 0 Å². The normalized spacial score (nSPS) is 40.2. The largest absolute Gasteiger partial charge is 0.441 e. The van der Waals surface area contributed by atoms with Crippen LogP contribution in [-0.4, -0.2) is 138 Å². The van der Waals surface area contributed by atoms with Crippen LogP contribution >= 0.6 is 0 Å². The fourth-order valence-corrected chi connectivity index (χ4v) is 3.34. The molecule has 15 nitrogen and oxygen atoms in total. The van der Waals surface area contributed by atoms with Crippen molar-refractivity contribution >= 4 is 6.09 Å². The van der Waals surface area contributed by atoms with Crippen LogP contribution in [0.5, 0.6) is 0 Å². The molecule has 0 aromatic rings. The number of carbonyl (C=O) groups excluding carboxylic acids is 1. The number of hydrogen-bond acceptors (Lipinski definition) is 14. The van der Waals surface area contributed by atoms with E-state index in [1.807, 2.05) is 0 Å². The molecular formula is C17H32N2O13. The van der Waals surface area contributed by atoms with Gasteiger partial charge in [-0.3, -0.25) is 0 Å². The Morgan fingerprint density at radius 3 is 2.03 bits per heavy atom. The lowest BCUT2D eigenvalue weighted by atomic mass is 9.97. The van der Waals surface area contributed by atoms with Gasteiger partial charge in [0.05, 0.1) is 33.0 Å². The smallest absolute Gasteiger partial charge is 0.404 e. The van der Waals surface area contributed by atoms with Gasteiger partial charge in [-0.15, -0.1) is 0 Å². The summed E-state index contributed by atoms with van der Waals surface area (Å²) in [6, 6.07) is 0. The number of aliphatic hydroxyl groups is 6. The highest BCUT2D eigenvalue weighted by Gasteiger charge is 2.52. The number of hydrogen-bond donors (Lipinski definition) is 8. The first-order valence-electron chi connectivity index (χ1n) is 10.0. The Morgan fingerprint density at radius 1 is 0.812 bits per heavy atom. The van der Waals surface area contributed by atoms with Gasteiger partial charge in [0, 0.05) is 6.54 Å². The molecule has 0 saturated carbocycles. The van der Waals surface area contributed by atoms with Crippen molar-refractivity contribution in [2.45, 2.75) is 61.4 Å². The predicted octanol–water partition coefficient (Wildman–Crippen LogP) is -5.29. The molecule has 0 radical (unpaired) electrons. The molecule has 1 unspecified atom stereocenters. The van der Waals surface area contributed by atoms with Gasteiger partial charge in [-0.1, -0.05) is 0 Å². The molecule has 0 aromatic carbocycles. The van der Waals surface area contributed by atoms with Gasteiger partial charge in [-0.05, 0) is 0 Å². The van der Waals surface area contributed by atoms with E-state index in [1.54, 1.807) is 0 Å². The molecule has 1 amide bonds. The van der Waals surface area contributed by atoms with E-state index in [0.29, 0.717) is 6.54 Å². The van der Waals surface area contributed by atoms with E-state index in [-0.39, 0.29) is 19.8 Å². The first kappa shape index (κ1) is 27.0. The summed E-state index contributed by atoms with van der Waals surface area (Å²) in [7, 11) is 0. The summed E-state index contributed by atoms with van der Waals surface area (Å²) in [5.41, 5.74) is 10.3. The number of nitrogens with two attached hydrogens (primary N) is 2. The molecule has 32 heavy (non-hydrogen) atoms. The van der Waals surface area contributed by atoms with Crippen LogP contribution in [0.4, 0.5) is 4.79 Å². The second-order valence-corrected chi connectivity index (χ2v) is 7.19. The molecule has 10 N–H and O–H groups in total. The predicted molar refractivity (Wildman–Crippen MR) is 101 cm³/mol. The van der Waals surface area contributed by atoms with Gasteiger partial charge < -0.3 is 70.5 Å². The molecule has 2 saturated heterocycles. The zero-order valence-corrected chi connectivity index (χ0v) is 17.2. The minimum absolute atomic E-state index is 0.0367. The minimum atomic E-state index is -1.80. The molecule has 0 aromatic heterocycles. The van der Waals surface area contributed by atoms with Crippen LogP contribution in [0.15, 0.2) is 0 Å². The van der Waals surface area contributed by atoms with E-state index in [9.17, 15) is 35.4 Å². The van der Waals surface area contributed by atoms with Gasteiger partial charge in [0.25, 0.3) is 0 Å². The summed E-state index contributed by atoms with van der Waals surface area (Å²) in [6.45, 7) is -0.711. The number of amides is 1. The molecule has 2 fully saturated rings. The molecule has 2 heterocycles. The number of aliphatic hydroxyl groups excluding tert-OH is 6. The Labute approximate surface area is 183 Å². The van der Waals surface area contributed by atoms with Gasteiger partial charge in [-0.25, -0.2) is 4.79 Å². The number of primary amides is 1. The summed E-state index contributed by atoms with van der Waals surface area (Å²) in [4.78, 5) is 11.1. The lowest BCUT2D eigenvalue weighted by Crippen LogP contribution is -2.65. The fourth-order valence-electron chi connectivity index (χ4n) is 3.34. The summed E-state index contributed by atoms with van der Waals surface area (Å²) < 4.78 is 31.7. The molecule has 2 rings (SSSR count). The maximum absolute atomic E-state index is 11.1. The topological polar surface area (TPSA) is 246 Å². The van der Waals surface area contributed by atoms with Crippen LogP contribution in [0, 0.1) is 0 Å². The third-order valence-corrected chi connectivity index (χ3v) is 4.96. The lowest BCUT2D eigenvalue weighted by molar-refractivity contribution is -0.367. The Bertz CT molecular complexity index is 573. The average molecular weight is 472 g/mol. The Morgan fingerprint density at radius 2 is 1.44 bits per heavy atom. The maximum Gasteiger partial charge on any atom is 0.404 e. The first-order chi connectivity index (χ1) is 15.2. The molecule has 188 valence electrons. The third kappa shape index (κ3) is 6.66. The highest BCUT2D eigenvalue weighted by Crippen LogP contribution is 2.30. The lowest BCUT2D eigenvalue weighted by Gasteiger charge is -2.46. The highest BCUT2D eigenvalue weighted by atomic mass is 16.8. The van der Waals surface area contributed by atoms with Gasteiger partial charge >= 0.3 is 6.09 Å². The quantitative estimate of drug-likeness (QED) is 0.131. The third-order valence-electron chi connectivity index (χ3n) is 4.96. The summed E-state index contributed by atoms with van der Waals surface area (Å²) in [6.07, 6.45) is -16.6. The van der Waals surface area contributed by atoms with Crippen molar-refractivity contribution in [3.05, 3.63) is 0 Å². The Kier molecular flexibility index (Phi) is 10.9. The van der Waals surface area contributed by atoms with Crippen LogP contribution in [0.3, 0.4) is 0 Å². The van der Waals surface area contributed by atoms with Crippen molar-refractivity contribution in [1.29, 1.82) is 0 Å². The van der Waals surface area contributed by atoms with Crippen LogP contribution in [0.1, 0.15) is 0 Å². The summed E-state index contributed by atoms with van der Waals surface area (Å²) >= 11 is 0. The van der Waals surface area contributed by atoms with Crippen molar-refractivity contribution in [3.63, 3.8) is 0 Å². The van der Waals surface area contributed by atoms with E-state index in [1.165, 1.54) is 0 Å². The van der Waals surface area contributed by atoms with E-state index < -0.39 is 80.7 Å². The summed E-state index contributed by atoms with van der Waals surface area (Å²) in [5.74, 6) is 0. The zero-order chi connectivity index (χ0) is 23.8. The molecular weight excluding hydrogens is 440 g/mol. The van der Waals surface area contributed by atoms with Gasteiger partial charge in [0.2, 0.25) is 0 Å². The molecule has 2 aliphatic rings. The maximum atomic E-state index is 11.1. The number of rotatable bonds is 11. The molecule has 0 aliphatic carbocycles. The molecule has 0 spiro atoms. The second kappa shape index (κ2) is 12.9. The number of carbonyl (C=O) groups is 1. The number of ether oxygens (including phenoxy) is 6. The van der Waals surface area contributed by atoms with Crippen molar-refractivity contribution in [2.24, 2.45) is 11.5 Å². The monoisotopic (exact) mass is 472 g/mol. The standard InChI is InChI=1S/C17H32N2O13/c18-1-2-27-3-4-28-16-14(11(24)9(22)7(5-20)30-16)31-15-12(25)13(32-17(19)26)10(23)8(6-21)29-15/h7-16,20-25H,1-6,18H2,(H2,19,26)/t7-,8+,9+,10+,11-,12-,13+,14-,15+,16?/m0/s1. The molecule has 15 heteroatoms. The van der Waals surface area contributed by atoms with Crippen LogP contribution in [0.25, 0.3) is 0 Å².